The highest BCUT2D eigenvalue weighted by molar-refractivity contribution is 5.40. The summed E-state index contributed by atoms with van der Waals surface area (Å²) in [7, 11) is 0. The Bertz CT molecular complexity index is 1040. The van der Waals surface area contributed by atoms with E-state index in [2.05, 4.69) is 32.9 Å². The van der Waals surface area contributed by atoms with Crippen molar-refractivity contribution in [3.63, 3.8) is 0 Å². The minimum atomic E-state index is -0.437. The lowest BCUT2D eigenvalue weighted by Gasteiger charge is -2.45. The molecule has 6 fully saturated rings. The van der Waals surface area contributed by atoms with Gasteiger partial charge in [-0.1, -0.05) is 95.4 Å². The molecule has 9 atom stereocenters. The van der Waals surface area contributed by atoms with Crippen LogP contribution in [0.15, 0.2) is 97.2 Å². The third-order valence-corrected chi connectivity index (χ3v) is 8.44. The number of hydrogen-bond acceptors (Lipinski definition) is 6. The molecule has 3 saturated carbocycles. The van der Waals surface area contributed by atoms with Crippen LogP contribution in [0.25, 0.3) is 0 Å². The van der Waals surface area contributed by atoms with Crippen molar-refractivity contribution in [3.8, 4) is 0 Å². The molecule has 0 aromatic carbocycles. The fourth-order valence-electron chi connectivity index (χ4n) is 6.02. The van der Waals surface area contributed by atoms with E-state index in [0.29, 0.717) is 30.6 Å². The Balaban J connectivity index is 0.000000205. The molecule has 3 aliphatic carbocycles. The molecule has 0 radical (unpaired) electrons. The summed E-state index contributed by atoms with van der Waals surface area (Å²) in [6.45, 7) is 21.1. The largest absolute Gasteiger partial charge is 0.393 e. The van der Waals surface area contributed by atoms with Crippen LogP contribution in [-0.2, 0) is 14.2 Å². The first-order valence-electron chi connectivity index (χ1n) is 13.5. The predicted octanol–water partition coefficient (Wildman–Crippen LogP) is 5.41. The normalized spacial score (nSPS) is 39.8. The SMILES string of the molecule is C.C.C=C/C=C1\C(=C)[C@@H](O)C[C@@H]2OC[C@@H]12.C=C/C=C1\C[C@@H](O)C(=C)[C@@H]2OC[C@@H]12.C=C/C=C1\C[C@@H](O)C[C@@H]2OC[C@@H]12. The van der Waals surface area contributed by atoms with Crippen LogP contribution in [0.3, 0.4) is 0 Å². The van der Waals surface area contributed by atoms with E-state index in [1.165, 1.54) is 11.1 Å². The zero-order valence-corrected chi connectivity index (χ0v) is 22.2. The summed E-state index contributed by atoms with van der Waals surface area (Å²) >= 11 is 0. The van der Waals surface area contributed by atoms with Gasteiger partial charge in [0.15, 0.2) is 0 Å². The molecule has 3 N–H and O–H groups in total. The van der Waals surface area contributed by atoms with E-state index in [9.17, 15) is 15.3 Å². The number of fused-ring (bicyclic) bond motifs is 3. The molecule has 0 unspecified atom stereocenters. The average Bonchev–Trinajstić information content (AvgIpc) is 2.82. The molecule has 3 aliphatic heterocycles. The quantitative estimate of drug-likeness (QED) is 0.405. The molecule has 6 heteroatoms. The summed E-state index contributed by atoms with van der Waals surface area (Å²) in [4.78, 5) is 0. The van der Waals surface area contributed by atoms with Crippen LogP contribution >= 0.6 is 0 Å². The van der Waals surface area contributed by atoms with E-state index in [0.717, 1.165) is 49.4 Å². The molecule has 0 amide bonds. The Morgan fingerprint density at radius 3 is 1.70 bits per heavy atom. The monoisotopic (exact) mass is 554 g/mol. The molecular weight excluding hydrogens is 504 g/mol. The summed E-state index contributed by atoms with van der Waals surface area (Å²) in [5.74, 6) is 1.44. The Labute approximate surface area is 241 Å². The van der Waals surface area contributed by atoms with E-state index in [-0.39, 0.29) is 39.3 Å². The zero-order chi connectivity index (χ0) is 27.4. The molecule has 6 nitrogen and oxygen atoms in total. The summed E-state index contributed by atoms with van der Waals surface area (Å²) < 4.78 is 16.1. The summed E-state index contributed by atoms with van der Waals surface area (Å²) in [5, 5.41) is 28.8. The topological polar surface area (TPSA) is 88.4 Å². The van der Waals surface area contributed by atoms with Gasteiger partial charge >= 0.3 is 0 Å². The van der Waals surface area contributed by atoms with Gasteiger partial charge in [-0.25, -0.2) is 0 Å². The molecule has 6 rings (SSSR count). The second-order valence-electron chi connectivity index (χ2n) is 10.8. The standard InChI is InChI=1S/2C11H14O2.C10H14O2.2CH4/c1-3-4-8-7(2)10(12)5-11-9(8)6-13-11;1-3-4-8-5-10(12)7(2)11-9(8)6-13-11;1-2-3-7-4-8(11)5-10-9(7)6-12-10;;/h2*3-4,9-12H,1-2,5-6H2;2-3,8-11H,1,4-6H2;2*1H4/b2*8-4+;7-3+;;/t9-,10-,11-;9-,10+,11-;8-,9+,10+;;/m001../s1. The molecule has 0 bridgehead atoms. The lowest BCUT2D eigenvalue weighted by molar-refractivity contribution is -0.131. The third kappa shape index (κ3) is 7.11. The first-order chi connectivity index (χ1) is 18.3. The highest BCUT2D eigenvalue weighted by Gasteiger charge is 2.44. The predicted molar refractivity (Wildman–Crippen MR) is 163 cm³/mol. The van der Waals surface area contributed by atoms with Crippen LogP contribution in [0.2, 0.25) is 0 Å². The van der Waals surface area contributed by atoms with Crippen molar-refractivity contribution >= 4 is 0 Å². The highest BCUT2D eigenvalue weighted by Crippen LogP contribution is 2.42. The second-order valence-corrected chi connectivity index (χ2v) is 10.8. The van der Waals surface area contributed by atoms with Gasteiger partial charge in [-0.3, -0.25) is 0 Å². The van der Waals surface area contributed by atoms with Crippen LogP contribution in [0.1, 0.15) is 40.5 Å². The van der Waals surface area contributed by atoms with Crippen LogP contribution in [0, 0.1) is 17.8 Å². The number of ether oxygens (including phenoxy) is 3. The minimum Gasteiger partial charge on any atom is -0.393 e. The van der Waals surface area contributed by atoms with Crippen LogP contribution in [0.4, 0.5) is 0 Å². The van der Waals surface area contributed by atoms with Gasteiger partial charge in [0.1, 0.15) is 0 Å². The smallest absolute Gasteiger partial charge is 0.0895 e. The summed E-state index contributed by atoms with van der Waals surface area (Å²) in [6, 6.07) is 0. The van der Waals surface area contributed by atoms with Crippen LogP contribution < -0.4 is 0 Å². The molecule has 0 aromatic rings. The van der Waals surface area contributed by atoms with Gasteiger partial charge in [-0.15, -0.1) is 0 Å². The van der Waals surface area contributed by atoms with Gasteiger partial charge in [0, 0.05) is 30.6 Å². The Morgan fingerprint density at radius 2 is 1.20 bits per heavy atom. The van der Waals surface area contributed by atoms with Gasteiger partial charge in [0.25, 0.3) is 0 Å². The van der Waals surface area contributed by atoms with Crippen molar-refractivity contribution in [2.75, 3.05) is 19.8 Å². The van der Waals surface area contributed by atoms with Crippen LogP contribution in [0.5, 0.6) is 0 Å². The maximum absolute atomic E-state index is 9.64. The van der Waals surface area contributed by atoms with E-state index < -0.39 is 12.2 Å². The molecule has 3 heterocycles. The number of allylic oxidation sites excluding steroid dienone is 6. The van der Waals surface area contributed by atoms with E-state index in [1.807, 2.05) is 18.2 Å². The fraction of sp³-hybridized carbons (Fsp3) is 0.529. The fourth-order valence-corrected chi connectivity index (χ4v) is 6.02. The molecule has 40 heavy (non-hydrogen) atoms. The molecule has 6 aliphatic rings. The van der Waals surface area contributed by atoms with Crippen molar-refractivity contribution in [2.24, 2.45) is 17.8 Å². The maximum atomic E-state index is 9.64. The van der Waals surface area contributed by atoms with E-state index in [4.69, 9.17) is 14.2 Å². The molecule has 3 saturated heterocycles. The van der Waals surface area contributed by atoms with Crippen molar-refractivity contribution < 1.29 is 29.5 Å². The van der Waals surface area contributed by atoms with Gasteiger partial charge in [0.2, 0.25) is 0 Å². The maximum Gasteiger partial charge on any atom is 0.0895 e. The average molecular weight is 555 g/mol. The van der Waals surface area contributed by atoms with Crippen molar-refractivity contribution in [1.29, 1.82) is 0 Å². The van der Waals surface area contributed by atoms with Gasteiger partial charge in [-0.2, -0.15) is 0 Å². The Hall–Kier alpha value is -2.32. The molecule has 222 valence electrons. The number of rotatable bonds is 3. The van der Waals surface area contributed by atoms with Gasteiger partial charge < -0.3 is 29.5 Å². The lowest BCUT2D eigenvalue weighted by atomic mass is 9.75. The van der Waals surface area contributed by atoms with E-state index >= 15 is 0 Å². The Morgan fingerprint density at radius 1 is 0.650 bits per heavy atom. The van der Waals surface area contributed by atoms with Gasteiger partial charge in [-0.05, 0) is 29.6 Å². The minimum absolute atomic E-state index is 0. The lowest BCUT2D eigenvalue weighted by Crippen LogP contribution is -2.48. The van der Waals surface area contributed by atoms with E-state index in [1.54, 1.807) is 18.2 Å². The van der Waals surface area contributed by atoms with Crippen molar-refractivity contribution in [1.82, 2.24) is 0 Å². The second kappa shape index (κ2) is 15.1. The van der Waals surface area contributed by atoms with Gasteiger partial charge in [0.05, 0.1) is 56.4 Å². The van der Waals surface area contributed by atoms with Crippen molar-refractivity contribution in [3.05, 3.63) is 97.2 Å². The summed E-state index contributed by atoms with van der Waals surface area (Å²) in [5.41, 5.74) is 5.33. The number of aliphatic hydroxyl groups is 3. The molecule has 0 aromatic heterocycles. The van der Waals surface area contributed by atoms with Crippen molar-refractivity contribution in [2.45, 2.75) is 77.2 Å². The first-order valence-corrected chi connectivity index (χ1v) is 13.5. The molecule has 0 spiro atoms. The summed E-state index contributed by atoms with van der Waals surface area (Å²) in [6.07, 6.45) is 13.7. The highest BCUT2D eigenvalue weighted by atomic mass is 16.5. The Kier molecular flexibility index (Phi) is 12.8. The first kappa shape index (κ1) is 33.9. The number of hydrogen-bond donors (Lipinski definition) is 3. The third-order valence-electron chi connectivity index (χ3n) is 8.44. The zero-order valence-electron chi connectivity index (χ0n) is 22.2. The molecular formula is C34H50O6. The number of aliphatic hydroxyl groups excluding tert-OH is 3. The van der Waals surface area contributed by atoms with Crippen LogP contribution in [-0.4, -0.2) is 71.8 Å².